The Morgan fingerprint density at radius 2 is 1.80 bits per heavy atom. The zero-order valence-corrected chi connectivity index (χ0v) is 9.83. The van der Waals surface area contributed by atoms with Gasteiger partial charge in [0.1, 0.15) is 0 Å². The highest BCUT2D eigenvalue weighted by Crippen LogP contribution is 2.23. The summed E-state index contributed by atoms with van der Waals surface area (Å²) in [5.41, 5.74) is 3.59. The van der Waals surface area contributed by atoms with Crippen molar-refractivity contribution >= 4 is 10.9 Å². The minimum Gasteiger partial charge on any atom is -0.357 e. The van der Waals surface area contributed by atoms with Gasteiger partial charge >= 0.3 is 0 Å². The van der Waals surface area contributed by atoms with Gasteiger partial charge in [-0.25, -0.2) is 0 Å². The Balaban J connectivity index is 2.52. The lowest BCUT2D eigenvalue weighted by Crippen LogP contribution is -1.90. The van der Waals surface area contributed by atoms with Crippen LogP contribution < -0.4 is 0 Å². The highest BCUT2D eigenvalue weighted by molar-refractivity contribution is 5.80. The SMILES string of the molecule is CC(C)c1cc2cc(C(C)C)[nH]c2cn1. The molecule has 2 rings (SSSR count). The van der Waals surface area contributed by atoms with Gasteiger partial charge in [0.15, 0.2) is 0 Å². The summed E-state index contributed by atoms with van der Waals surface area (Å²) in [6.45, 7) is 8.73. The molecule has 2 aromatic heterocycles. The van der Waals surface area contributed by atoms with Crippen LogP contribution in [0.5, 0.6) is 0 Å². The maximum absolute atomic E-state index is 4.45. The Labute approximate surface area is 90.7 Å². The van der Waals surface area contributed by atoms with Gasteiger partial charge in [0.2, 0.25) is 0 Å². The Hall–Kier alpha value is -1.31. The number of H-pyrrole nitrogens is 1. The molecule has 0 aliphatic carbocycles. The molecule has 0 aromatic carbocycles. The number of aromatic nitrogens is 2. The second-order valence-electron chi connectivity index (χ2n) is 4.73. The van der Waals surface area contributed by atoms with E-state index in [0.29, 0.717) is 11.8 Å². The van der Waals surface area contributed by atoms with Crippen molar-refractivity contribution in [2.24, 2.45) is 0 Å². The fraction of sp³-hybridized carbons (Fsp3) is 0.462. The molecule has 1 N–H and O–H groups in total. The molecule has 0 saturated heterocycles. The highest BCUT2D eigenvalue weighted by atomic mass is 14.8. The fourth-order valence-electron chi connectivity index (χ4n) is 1.70. The van der Waals surface area contributed by atoms with E-state index in [9.17, 15) is 0 Å². The topological polar surface area (TPSA) is 28.7 Å². The molecule has 0 aliphatic rings. The maximum Gasteiger partial charge on any atom is 0.0642 e. The van der Waals surface area contributed by atoms with Crippen LogP contribution in [-0.2, 0) is 0 Å². The van der Waals surface area contributed by atoms with Gasteiger partial charge in [-0.2, -0.15) is 0 Å². The summed E-state index contributed by atoms with van der Waals surface area (Å²) >= 11 is 0. The minimum absolute atomic E-state index is 0.492. The van der Waals surface area contributed by atoms with Crippen LogP contribution in [0.4, 0.5) is 0 Å². The largest absolute Gasteiger partial charge is 0.357 e. The fourth-order valence-corrected chi connectivity index (χ4v) is 1.70. The van der Waals surface area contributed by atoms with Crippen molar-refractivity contribution in [2.45, 2.75) is 39.5 Å². The van der Waals surface area contributed by atoms with E-state index < -0.39 is 0 Å². The van der Waals surface area contributed by atoms with E-state index in [1.165, 1.54) is 11.1 Å². The zero-order valence-electron chi connectivity index (χ0n) is 9.83. The van der Waals surface area contributed by atoms with Crippen LogP contribution in [0.15, 0.2) is 18.3 Å². The first-order valence-electron chi connectivity index (χ1n) is 5.56. The van der Waals surface area contributed by atoms with Crippen LogP contribution in [0.3, 0.4) is 0 Å². The van der Waals surface area contributed by atoms with Crippen LogP contribution in [-0.4, -0.2) is 9.97 Å². The number of nitrogens with zero attached hydrogens (tertiary/aromatic N) is 1. The summed E-state index contributed by atoms with van der Waals surface area (Å²) in [6.07, 6.45) is 1.94. The Morgan fingerprint density at radius 3 is 2.40 bits per heavy atom. The Morgan fingerprint density at radius 1 is 1.07 bits per heavy atom. The highest BCUT2D eigenvalue weighted by Gasteiger charge is 2.07. The van der Waals surface area contributed by atoms with Gasteiger partial charge in [-0.1, -0.05) is 27.7 Å². The third kappa shape index (κ3) is 1.89. The van der Waals surface area contributed by atoms with Crippen LogP contribution >= 0.6 is 0 Å². The van der Waals surface area contributed by atoms with E-state index in [1.807, 2.05) is 6.20 Å². The second kappa shape index (κ2) is 3.69. The average molecular weight is 202 g/mol. The molecule has 0 unspecified atom stereocenters. The van der Waals surface area contributed by atoms with E-state index in [-0.39, 0.29) is 0 Å². The summed E-state index contributed by atoms with van der Waals surface area (Å²) in [6, 6.07) is 4.41. The summed E-state index contributed by atoms with van der Waals surface area (Å²) in [4.78, 5) is 7.85. The normalized spacial score (nSPS) is 11.9. The number of nitrogens with one attached hydrogen (secondary N) is 1. The number of aromatic amines is 1. The molecular weight excluding hydrogens is 184 g/mol. The Bertz CT molecular complexity index is 460. The molecule has 2 nitrogen and oxygen atoms in total. The third-order valence-electron chi connectivity index (χ3n) is 2.76. The van der Waals surface area contributed by atoms with Gasteiger partial charge in [-0.15, -0.1) is 0 Å². The molecule has 0 spiro atoms. The van der Waals surface area contributed by atoms with Crippen LogP contribution in [0.1, 0.15) is 50.9 Å². The minimum atomic E-state index is 0.492. The van der Waals surface area contributed by atoms with E-state index in [1.54, 1.807) is 0 Å². The number of hydrogen-bond donors (Lipinski definition) is 1. The molecule has 0 radical (unpaired) electrons. The van der Waals surface area contributed by atoms with Gasteiger partial charge in [0.25, 0.3) is 0 Å². The first-order valence-corrected chi connectivity index (χ1v) is 5.56. The molecule has 0 bridgehead atoms. The quantitative estimate of drug-likeness (QED) is 0.788. The number of pyridine rings is 1. The molecule has 2 aromatic rings. The molecular formula is C13H18N2. The molecule has 2 heteroatoms. The molecule has 15 heavy (non-hydrogen) atoms. The third-order valence-corrected chi connectivity index (χ3v) is 2.76. The van der Waals surface area contributed by atoms with Crippen molar-refractivity contribution < 1.29 is 0 Å². The molecule has 0 amide bonds. The zero-order chi connectivity index (χ0) is 11.0. The summed E-state index contributed by atoms with van der Waals surface area (Å²) < 4.78 is 0. The van der Waals surface area contributed by atoms with Crippen molar-refractivity contribution in [3.63, 3.8) is 0 Å². The molecule has 0 atom stereocenters. The first-order chi connectivity index (χ1) is 7.08. The predicted octanol–water partition coefficient (Wildman–Crippen LogP) is 3.81. The van der Waals surface area contributed by atoms with Gasteiger partial charge in [-0.05, 0) is 24.0 Å². The first kappa shape index (κ1) is 10.2. The van der Waals surface area contributed by atoms with Crippen molar-refractivity contribution in [1.82, 2.24) is 9.97 Å². The molecule has 0 aliphatic heterocycles. The van der Waals surface area contributed by atoms with Crippen LogP contribution in [0, 0.1) is 0 Å². The van der Waals surface area contributed by atoms with Gasteiger partial charge in [0, 0.05) is 16.8 Å². The van der Waals surface area contributed by atoms with Crippen molar-refractivity contribution in [1.29, 1.82) is 0 Å². The Kier molecular flexibility index (Phi) is 2.51. The predicted molar refractivity (Wildman–Crippen MR) is 64.3 cm³/mol. The number of rotatable bonds is 2. The van der Waals surface area contributed by atoms with E-state index in [2.05, 4.69) is 49.8 Å². The molecule has 80 valence electrons. The van der Waals surface area contributed by atoms with E-state index in [4.69, 9.17) is 0 Å². The van der Waals surface area contributed by atoms with Gasteiger partial charge < -0.3 is 4.98 Å². The van der Waals surface area contributed by atoms with E-state index >= 15 is 0 Å². The van der Waals surface area contributed by atoms with Crippen molar-refractivity contribution in [2.75, 3.05) is 0 Å². The standard InChI is InChI=1S/C13H18N2/c1-8(2)11-5-10-6-12(9(3)4)15-13(10)7-14-11/h5-9,15H,1-4H3. The van der Waals surface area contributed by atoms with Gasteiger partial charge in [-0.3, -0.25) is 4.98 Å². The summed E-state index contributed by atoms with van der Waals surface area (Å²) in [5.74, 6) is 1.03. The lowest BCUT2D eigenvalue weighted by atomic mass is 10.1. The maximum atomic E-state index is 4.45. The number of fused-ring (bicyclic) bond motifs is 1. The van der Waals surface area contributed by atoms with Crippen molar-refractivity contribution in [3.8, 4) is 0 Å². The van der Waals surface area contributed by atoms with Crippen LogP contribution in [0.25, 0.3) is 10.9 Å². The lowest BCUT2D eigenvalue weighted by Gasteiger charge is -2.02. The smallest absolute Gasteiger partial charge is 0.0642 e. The molecule has 0 fully saturated rings. The summed E-state index contributed by atoms with van der Waals surface area (Å²) in [5, 5.41) is 1.28. The van der Waals surface area contributed by atoms with E-state index in [0.717, 1.165) is 11.2 Å². The van der Waals surface area contributed by atoms with Crippen molar-refractivity contribution in [3.05, 3.63) is 29.7 Å². The average Bonchev–Trinajstić information content (AvgIpc) is 2.59. The van der Waals surface area contributed by atoms with Gasteiger partial charge in [0.05, 0.1) is 11.7 Å². The molecule has 0 saturated carbocycles. The van der Waals surface area contributed by atoms with Crippen LogP contribution in [0.2, 0.25) is 0 Å². The number of hydrogen-bond acceptors (Lipinski definition) is 1. The second-order valence-corrected chi connectivity index (χ2v) is 4.73. The lowest BCUT2D eigenvalue weighted by molar-refractivity contribution is 0.825. The molecule has 2 heterocycles. The summed E-state index contributed by atoms with van der Waals surface area (Å²) in [7, 11) is 0. The monoisotopic (exact) mass is 202 g/mol.